The Morgan fingerprint density at radius 1 is 1.35 bits per heavy atom. The van der Waals surface area contributed by atoms with Crippen LogP contribution >= 0.6 is 0 Å². The molecule has 1 saturated heterocycles. The fourth-order valence-electron chi connectivity index (χ4n) is 3.02. The van der Waals surface area contributed by atoms with Gasteiger partial charge in [0.25, 0.3) is 5.91 Å². The van der Waals surface area contributed by atoms with E-state index in [1.807, 2.05) is 25.7 Å². The molecular formula is C15H22N2O3. The molecule has 0 saturated carbocycles. The van der Waals surface area contributed by atoms with Gasteiger partial charge in [0, 0.05) is 12.1 Å². The molecule has 2 aliphatic rings. The number of hydrogen-bond acceptors (Lipinski definition) is 4. The smallest absolute Gasteiger partial charge is 0.293 e. The third-order valence-electron chi connectivity index (χ3n) is 4.29. The van der Waals surface area contributed by atoms with E-state index in [2.05, 4.69) is 5.16 Å². The van der Waals surface area contributed by atoms with Gasteiger partial charge in [0.15, 0.2) is 0 Å². The van der Waals surface area contributed by atoms with Crippen molar-refractivity contribution in [2.45, 2.75) is 58.1 Å². The summed E-state index contributed by atoms with van der Waals surface area (Å²) >= 11 is 0. The first-order valence-corrected chi connectivity index (χ1v) is 7.40. The van der Waals surface area contributed by atoms with Crippen LogP contribution in [0.4, 0.5) is 0 Å². The van der Waals surface area contributed by atoms with Gasteiger partial charge in [-0.05, 0) is 46.5 Å². The summed E-state index contributed by atoms with van der Waals surface area (Å²) in [5.74, 6) is 0.405. The minimum atomic E-state index is -0.308. The fourth-order valence-corrected chi connectivity index (χ4v) is 3.02. The number of ether oxygens (including phenoxy) is 1. The van der Waals surface area contributed by atoms with Crippen LogP contribution in [0.25, 0.3) is 0 Å². The molecule has 1 aliphatic heterocycles. The summed E-state index contributed by atoms with van der Waals surface area (Å²) in [6.07, 6.45) is 4.13. The minimum absolute atomic E-state index is 0.0409. The van der Waals surface area contributed by atoms with Crippen molar-refractivity contribution < 1.29 is 14.1 Å². The summed E-state index contributed by atoms with van der Waals surface area (Å²) in [5, 5.41) is 4.09. The second kappa shape index (κ2) is 4.88. The molecule has 0 N–H and O–H groups in total. The summed E-state index contributed by atoms with van der Waals surface area (Å²) in [5.41, 5.74) is 1.69. The first kappa shape index (κ1) is 13.6. The lowest BCUT2D eigenvalue weighted by Crippen LogP contribution is -2.57. The number of amides is 1. The number of nitrogens with zero attached hydrogens (tertiary/aromatic N) is 2. The summed E-state index contributed by atoms with van der Waals surface area (Å²) in [6.45, 7) is 7.20. The van der Waals surface area contributed by atoms with Crippen LogP contribution < -0.4 is 0 Å². The average Bonchev–Trinajstić information content (AvgIpc) is 2.85. The van der Waals surface area contributed by atoms with E-state index in [-0.39, 0.29) is 17.6 Å². The summed E-state index contributed by atoms with van der Waals surface area (Å²) in [6, 6.07) is 0. The van der Waals surface area contributed by atoms with Gasteiger partial charge >= 0.3 is 0 Å². The van der Waals surface area contributed by atoms with Gasteiger partial charge in [-0.2, -0.15) is 0 Å². The highest BCUT2D eigenvalue weighted by molar-refractivity contribution is 5.93. The lowest BCUT2D eigenvalue weighted by molar-refractivity contribution is -0.0766. The zero-order chi connectivity index (χ0) is 14.3. The van der Waals surface area contributed by atoms with E-state index < -0.39 is 0 Å². The number of rotatable bonds is 1. The number of hydrogen-bond donors (Lipinski definition) is 0. The van der Waals surface area contributed by atoms with Crippen molar-refractivity contribution in [3.63, 3.8) is 0 Å². The fraction of sp³-hybridized carbons (Fsp3) is 0.733. The molecule has 20 heavy (non-hydrogen) atoms. The molecule has 5 nitrogen and oxygen atoms in total. The van der Waals surface area contributed by atoms with Gasteiger partial charge < -0.3 is 14.2 Å². The molecule has 1 fully saturated rings. The maximum atomic E-state index is 12.8. The molecule has 0 spiro atoms. The Hall–Kier alpha value is -1.36. The van der Waals surface area contributed by atoms with Crippen LogP contribution in [0.15, 0.2) is 4.52 Å². The lowest BCUT2D eigenvalue weighted by atomic mass is 9.94. The largest absolute Gasteiger partial charge is 0.374 e. The van der Waals surface area contributed by atoms with E-state index in [4.69, 9.17) is 9.26 Å². The number of carbonyl (C=O) groups excluding carboxylic acids is 1. The predicted molar refractivity (Wildman–Crippen MR) is 73.7 cm³/mol. The van der Waals surface area contributed by atoms with Crippen molar-refractivity contribution in [1.29, 1.82) is 0 Å². The van der Waals surface area contributed by atoms with E-state index >= 15 is 0 Å². The molecule has 1 atom stereocenters. The van der Waals surface area contributed by atoms with Crippen LogP contribution in [0.5, 0.6) is 0 Å². The molecule has 110 valence electrons. The molecule has 3 rings (SSSR count). The molecule has 1 unspecified atom stereocenters. The third kappa shape index (κ3) is 2.24. The molecule has 1 aliphatic carbocycles. The van der Waals surface area contributed by atoms with E-state index in [0.29, 0.717) is 18.9 Å². The van der Waals surface area contributed by atoms with Crippen LogP contribution in [0.1, 0.15) is 55.4 Å². The number of aryl methyl sites for hydroxylation is 1. The highest BCUT2D eigenvalue weighted by Crippen LogP contribution is 2.29. The van der Waals surface area contributed by atoms with Crippen molar-refractivity contribution in [2.24, 2.45) is 0 Å². The van der Waals surface area contributed by atoms with Gasteiger partial charge in [-0.3, -0.25) is 4.79 Å². The van der Waals surface area contributed by atoms with Gasteiger partial charge in [-0.1, -0.05) is 5.16 Å². The van der Waals surface area contributed by atoms with Gasteiger partial charge in [0.05, 0.1) is 23.9 Å². The molecule has 1 aromatic rings. The lowest BCUT2D eigenvalue weighted by Gasteiger charge is -2.44. The monoisotopic (exact) mass is 278 g/mol. The normalized spacial score (nSPS) is 25.4. The summed E-state index contributed by atoms with van der Waals surface area (Å²) in [4.78, 5) is 14.7. The van der Waals surface area contributed by atoms with Gasteiger partial charge in [0.1, 0.15) is 0 Å². The molecule has 0 aromatic carbocycles. The number of fused-ring (bicyclic) bond motifs is 1. The second-order valence-electron chi connectivity index (χ2n) is 6.49. The Kier molecular flexibility index (Phi) is 3.32. The van der Waals surface area contributed by atoms with Gasteiger partial charge in [-0.15, -0.1) is 0 Å². The molecule has 2 heterocycles. The van der Waals surface area contributed by atoms with Crippen molar-refractivity contribution >= 4 is 5.91 Å². The van der Waals surface area contributed by atoms with Gasteiger partial charge in [-0.25, -0.2) is 0 Å². The van der Waals surface area contributed by atoms with Gasteiger partial charge in [0.2, 0.25) is 5.76 Å². The Bertz CT molecular complexity index is 521. The van der Waals surface area contributed by atoms with Crippen molar-refractivity contribution in [3.05, 3.63) is 17.0 Å². The maximum Gasteiger partial charge on any atom is 0.293 e. The van der Waals surface area contributed by atoms with E-state index in [1.54, 1.807) is 0 Å². The Labute approximate surface area is 119 Å². The van der Waals surface area contributed by atoms with Crippen LogP contribution in [0.2, 0.25) is 0 Å². The highest BCUT2D eigenvalue weighted by atomic mass is 16.5. The first-order valence-electron chi connectivity index (χ1n) is 7.40. The van der Waals surface area contributed by atoms with Crippen molar-refractivity contribution in [2.75, 3.05) is 13.2 Å². The molecule has 1 aromatic heterocycles. The topological polar surface area (TPSA) is 55.6 Å². The summed E-state index contributed by atoms with van der Waals surface area (Å²) < 4.78 is 11.0. The highest BCUT2D eigenvalue weighted by Gasteiger charge is 2.39. The predicted octanol–water partition coefficient (Wildman–Crippen LogP) is 2.19. The Morgan fingerprint density at radius 2 is 2.10 bits per heavy atom. The van der Waals surface area contributed by atoms with E-state index in [9.17, 15) is 4.79 Å². The molecular weight excluding hydrogens is 256 g/mol. The zero-order valence-corrected chi connectivity index (χ0v) is 12.4. The maximum absolute atomic E-state index is 12.8. The number of carbonyl (C=O) groups is 1. The second-order valence-corrected chi connectivity index (χ2v) is 6.49. The third-order valence-corrected chi connectivity index (χ3v) is 4.29. The van der Waals surface area contributed by atoms with E-state index in [0.717, 1.165) is 36.9 Å². The zero-order valence-electron chi connectivity index (χ0n) is 12.4. The summed E-state index contributed by atoms with van der Waals surface area (Å²) in [7, 11) is 0. The van der Waals surface area contributed by atoms with E-state index in [1.165, 1.54) is 0 Å². The quantitative estimate of drug-likeness (QED) is 0.790. The SMILES string of the molecule is CC1CN(C(=O)c2onc3c2CCCC3)C(C)(C)CO1. The molecule has 5 heteroatoms. The van der Waals surface area contributed by atoms with Crippen LogP contribution in [0, 0.1) is 0 Å². The standard InChI is InChI=1S/C15H22N2O3/c1-10-8-17(15(2,3)9-19-10)14(18)13-11-6-4-5-7-12(11)16-20-13/h10H,4-9H2,1-3H3. The first-order chi connectivity index (χ1) is 9.49. The average molecular weight is 278 g/mol. The van der Waals surface area contributed by atoms with Crippen LogP contribution in [-0.4, -0.2) is 40.8 Å². The number of aromatic nitrogens is 1. The number of morpholine rings is 1. The molecule has 0 bridgehead atoms. The Morgan fingerprint density at radius 3 is 2.90 bits per heavy atom. The molecule has 1 amide bonds. The molecule has 0 radical (unpaired) electrons. The van der Waals surface area contributed by atoms with Crippen molar-refractivity contribution in [3.8, 4) is 0 Å². The van der Waals surface area contributed by atoms with Crippen LogP contribution in [0.3, 0.4) is 0 Å². The Balaban J connectivity index is 1.90. The van der Waals surface area contributed by atoms with Crippen LogP contribution in [-0.2, 0) is 17.6 Å². The minimum Gasteiger partial charge on any atom is -0.374 e. The van der Waals surface area contributed by atoms with Crippen molar-refractivity contribution in [1.82, 2.24) is 10.1 Å².